The summed E-state index contributed by atoms with van der Waals surface area (Å²) in [4.78, 5) is 18.5. The van der Waals surface area contributed by atoms with E-state index < -0.39 is 0 Å². The largest absolute Gasteiger partial charge is 0.454 e. The fraction of sp³-hybridized carbons (Fsp3) is 0.267. The first kappa shape index (κ1) is 25.7. The van der Waals surface area contributed by atoms with E-state index in [1.807, 2.05) is 12.1 Å². The lowest BCUT2D eigenvalue weighted by atomic mass is 10.1. The molecular weight excluding hydrogens is 511 g/mol. The highest BCUT2D eigenvalue weighted by Gasteiger charge is 2.26. The van der Waals surface area contributed by atoms with Crippen molar-refractivity contribution in [3.8, 4) is 11.5 Å². The monoisotopic (exact) mass is 540 g/mol. The van der Waals surface area contributed by atoms with E-state index in [-0.39, 0.29) is 24.2 Å². The summed E-state index contributed by atoms with van der Waals surface area (Å²) in [7, 11) is 0. The molecule has 0 aliphatic carbocycles. The number of halogens is 1. The lowest BCUT2D eigenvalue weighted by Crippen LogP contribution is -2.32. The van der Waals surface area contributed by atoms with Crippen molar-refractivity contribution in [2.75, 3.05) is 6.79 Å². The lowest BCUT2D eigenvalue weighted by molar-refractivity contribution is 0.161. The fourth-order valence-corrected chi connectivity index (χ4v) is 5.11. The van der Waals surface area contributed by atoms with Crippen LogP contribution in [0.3, 0.4) is 0 Å². The Kier molecular flexibility index (Phi) is 7.00. The van der Waals surface area contributed by atoms with Crippen molar-refractivity contribution in [1.29, 1.82) is 0 Å². The summed E-state index contributed by atoms with van der Waals surface area (Å²) in [5.41, 5.74) is 4.32. The molecule has 0 fully saturated rings. The summed E-state index contributed by atoms with van der Waals surface area (Å²) >= 11 is 0. The topological polar surface area (TPSA) is 98.2 Å². The van der Waals surface area contributed by atoms with Crippen molar-refractivity contribution in [3.63, 3.8) is 0 Å². The molecule has 3 heterocycles. The second-order valence-electron chi connectivity index (χ2n) is 10.1. The highest BCUT2D eigenvalue weighted by atomic mass is 19.1. The first-order valence-electron chi connectivity index (χ1n) is 13.2. The van der Waals surface area contributed by atoms with Gasteiger partial charge >= 0.3 is 0 Å². The number of pyridine rings is 1. The number of fused-ring (bicyclic) bond motifs is 2. The maximum absolute atomic E-state index is 13.5. The minimum atomic E-state index is -0.291. The smallest absolute Gasteiger partial charge is 0.252 e. The fourth-order valence-electron chi connectivity index (χ4n) is 5.11. The van der Waals surface area contributed by atoms with Crippen LogP contribution in [0.5, 0.6) is 11.5 Å². The van der Waals surface area contributed by atoms with Gasteiger partial charge in [0.05, 0.1) is 18.1 Å². The van der Waals surface area contributed by atoms with Crippen molar-refractivity contribution in [2.45, 2.75) is 45.9 Å². The molecule has 1 aliphatic rings. The van der Waals surface area contributed by atoms with Gasteiger partial charge in [-0.05, 0) is 59.2 Å². The number of nitrogens with one attached hydrogen (secondary N) is 1. The zero-order valence-corrected chi connectivity index (χ0v) is 22.3. The zero-order chi connectivity index (χ0) is 27.6. The van der Waals surface area contributed by atoms with E-state index in [4.69, 9.17) is 9.47 Å². The minimum Gasteiger partial charge on any atom is -0.454 e. The van der Waals surface area contributed by atoms with Crippen LogP contribution in [0.1, 0.15) is 47.5 Å². The summed E-state index contributed by atoms with van der Waals surface area (Å²) in [6, 6.07) is 20.1. The highest BCUT2D eigenvalue weighted by Crippen LogP contribution is 2.35. The molecule has 204 valence electrons. The molecule has 1 atom stereocenters. The number of aromatic amines is 1. The third-order valence-electron chi connectivity index (χ3n) is 7.22. The molecule has 0 radical (unpaired) electrons. The molecule has 2 aromatic heterocycles. The molecular formula is C30H29FN6O3. The number of ether oxygens (including phenoxy) is 2. The summed E-state index contributed by atoms with van der Waals surface area (Å²) < 4.78 is 26.2. The number of aromatic nitrogens is 5. The molecule has 6 rings (SSSR count). The summed E-state index contributed by atoms with van der Waals surface area (Å²) in [5, 5.41) is 13.5. The van der Waals surface area contributed by atoms with Crippen LogP contribution in [0.25, 0.3) is 10.9 Å². The minimum absolute atomic E-state index is 0.165. The van der Waals surface area contributed by atoms with Crippen molar-refractivity contribution >= 4 is 10.9 Å². The Bertz CT molecular complexity index is 1700. The molecule has 10 heteroatoms. The molecule has 40 heavy (non-hydrogen) atoms. The molecule has 0 saturated heterocycles. The molecule has 1 aliphatic heterocycles. The molecule has 0 saturated carbocycles. The Morgan fingerprint density at radius 1 is 1.00 bits per heavy atom. The number of tetrazole rings is 1. The van der Waals surface area contributed by atoms with Crippen molar-refractivity contribution in [2.24, 2.45) is 0 Å². The standard InChI is InChI=1S/C30H29FN6O3/c1-3-26(29-33-34-35-37(29)16-21-8-10-24(31)11-9-21)36(15-20-6-4-19(2)5-7-20)17-23-12-22-13-27-28(40-18-39-27)14-25(22)32-30(23)38/h4-14,26H,3,15-18H2,1-2H3,(H,32,38)/t26-/m1/s1. The van der Waals surface area contributed by atoms with Gasteiger partial charge in [-0.1, -0.05) is 48.9 Å². The molecule has 0 amide bonds. The maximum atomic E-state index is 13.5. The molecule has 1 N–H and O–H groups in total. The van der Waals surface area contributed by atoms with E-state index in [0.29, 0.717) is 54.5 Å². The van der Waals surface area contributed by atoms with Crippen molar-refractivity contribution < 1.29 is 13.9 Å². The van der Waals surface area contributed by atoms with Crippen LogP contribution in [-0.4, -0.2) is 36.9 Å². The van der Waals surface area contributed by atoms with Crippen LogP contribution >= 0.6 is 0 Å². The Balaban J connectivity index is 1.36. The number of nitrogens with zero attached hydrogens (tertiary/aromatic N) is 5. The first-order chi connectivity index (χ1) is 19.5. The van der Waals surface area contributed by atoms with E-state index in [1.54, 1.807) is 22.9 Å². The van der Waals surface area contributed by atoms with Crippen molar-refractivity contribution in [3.05, 3.63) is 111 Å². The van der Waals surface area contributed by atoms with Gasteiger partial charge in [0.15, 0.2) is 17.3 Å². The van der Waals surface area contributed by atoms with Crippen LogP contribution in [-0.2, 0) is 19.6 Å². The molecule has 0 spiro atoms. The third-order valence-corrected chi connectivity index (χ3v) is 7.22. The second kappa shape index (κ2) is 10.9. The van der Waals surface area contributed by atoms with Crippen LogP contribution in [0.2, 0.25) is 0 Å². The van der Waals surface area contributed by atoms with E-state index in [9.17, 15) is 9.18 Å². The van der Waals surface area contributed by atoms with Gasteiger partial charge in [0.1, 0.15) is 5.82 Å². The van der Waals surface area contributed by atoms with Crippen LogP contribution in [0.4, 0.5) is 4.39 Å². The van der Waals surface area contributed by atoms with Crippen molar-refractivity contribution in [1.82, 2.24) is 30.1 Å². The predicted octanol–water partition coefficient (Wildman–Crippen LogP) is 4.89. The van der Waals surface area contributed by atoms with E-state index in [2.05, 4.69) is 63.5 Å². The van der Waals surface area contributed by atoms with E-state index in [0.717, 1.165) is 16.5 Å². The van der Waals surface area contributed by atoms with Gasteiger partial charge in [0.25, 0.3) is 5.56 Å². The Morgan fingerprint density at radius 3 is 2.48 bits per heavy atom. The van der Waals surface area contributed by atoms with Gasteiger partial charge in [-0.2, -0.15) is 0 Å². The number of hydrogen-bond donors (Lipinski definition) is 1. The SMILES string of the molecule is CC[C@H](c1nnnn1Cc1ccc(F)cc1)N(Cc1ccc(C)cc1)Cc1cc2cc3c(cc2[nH]c1=O)OCO3. The van der Waals surface area contributed by atoms with Gasteiger partial charge in [-0.15, -0.1) is 5.10 Å². The average molecular weight is 541 g/mol. The molecule has 0 unspecified atom stereocenters. The Labute approximate surface area is 230 Å². The van der Waals surface area contributed by atoms with E-state index >= 15 is 0 Å². The molecule has 9 nitrogen and oxygen atoms in total. The van der Waals surface area contributed by atoms with E-state index in [1.165, 1.54) is 17.7 Å². The zero-order valence-electron chi connectivity index (χ0n) is 22.3. The number of hydrogen-bond acceptors (Lipinski definition) is 7. The highest BCUT2D eigenvalue weighted by molar-refractivity contribution is 5.83. The number of H-pyrrole nitrogens is 1. The Hall–Kier alpha value is -4.57. The quantitative estimate of drug-likeness (QED) is 0.284. The van der Waals surface area contributed by atoms with Gasteiger partial charge in [-0.25, -0.2) is 9.07 Å². The normalized spacial score (nSPS) is 13.3. The van der Waals surface area contributed by atoms with Crippen LogP contribution in [0.15, 0.2) is 71.5 Å². The Morgan fingerprint density at radius 2 is 1.73 bits per heavy atom. The molecule has 0 bridgehead atoms. The van der Waals surface area contributed by atoms with Crippen LogP contribution < -0.4 is 15.0 Å². The summed E-state index contributed by atoms with van der Waals surface area (Å²) in [5.74, 6) is 1.67. The van der Waals surface area contributed by atoms with Gasteiger partial charge in [0, 0.05) is 30.1 Å². The average Bonchev–Trinajstić information content (AvgIpc) is 3.60. The maximum Gasteiger partial charge on any atom is 0.252 e. The predicted molar refractivity (Wildman–Crippen MR) is 147 cm³/mol. The number of aryl methyl sites for hydroxylation is 1. The second-order valence-corrected chi connectivity index (χ2v) is 10.1. The lowest BCUT2D eigenvalue weighted by Gasteiger charge is -2.30. The van der Waals surface area contributed by atoms with Crippen LogP contribution in [0, 0.1) is 12.7 Å². The number of rotatable bonds is 9. The first-order valence-corrected chi connectivity index (χ1v) is 13.2. The molecule has 3 aromatic carbocycles. The van der Waals surface area contributed by atoms with Gasteiger partial charge in [0.2, 0.25) is 6.79 Å². The molecule has 5 aromatic rings. The van der Waals surface area contributed by atoms with Gasteiger partial charge in [-0.3, -0.25) is 9.69 Å². The third kappa shape index (κ3) is 5.30. The summed E-state index contributed by atoms with van der Waals surface area (Å²) in [6.07, 6.45) is 0.708. The van der Waals surface area contributed by atoms with Gasteiger partial charge < -0.3 is 14.5 Å². The summed E-state index contributed by atoms with van der Waals surface area (Å²) in [6.45, 7) is 5.66. The number of benzene rings is 3.